The molecule has 1 N–H and O–H groups in total. The van der Waals surface area contributed by atoms with Crippen LogP contribution in [0, 0.1) is 0 Å². The molecule has 0 aliphatic heterocycles. The highest BCUT2D eigenvalue weighted by molar-refractivity contribution is 6.32. The molecule has 0 saturated carbocycles. The zero-order valence-corrected chi connectivity index (χ0v) is 9.93. The maximum Gasteiger partial charge on any atom is 0.372 e. The van der Waals surface area contributed by atoms with Gasteiger partial charge in [0.25, 0.3) is 0 Å². The van der Waals surface area contributed by atoms with Crippen molar-refractivity contribution in [2.24, 2.45) is 0 Å². The van der Waals surface area contributed by atoms with Gasteiger partial charge in [-0.05, 0) is 6.92 Å². The number of esters is 2. The summed E-state index contributed by atoms with van der Waals surface area (Å²) < 4.78 is 9.25. The number of carboxylic acids is 1. The first-order chi connectivity index (χ1) is 8.34. The van der Waals surface area contributed by atoms with Crippen LogP contribution in [0.5, 0.6) is 0 Å². The summed E-state index contributed by atoms with van der Waals surface area (Å²) in [6.45, 7) is 4.56. The number of hydrogen-bond donors (Lipinski definition) is 1. The summed E-state index contributed by atoms with van der Waals surface area (Å²) in [5, 5.41) is 8.25. The van der Waals surface area contributed by atoms with Gasteiger partial charge in [-0.1, -0.05) is 6.58 Å². The molecule has 0 aromatic heterocycles. The van der Waals surface area contributed by atoms with Crippen molar-refractivity contribution in [1.29, 1.82) is 0 Å². The molecule has 18 heavy (non-hydrogen) atoms. The van der Waals surface area contributed by atoms with Gasteiger partial charge in [0.05, 0.1) is 6.42 Å². The molecule has 0 radical (unpaired) electrons. The largest absolute Gasteiger partial charge is 0.476 e. The van der Waals surface area contributed by atoms with Gasteiger partial charge in [-0.15, -0.1) is 0 Å². The van der Waals surface area contributed by atoms with Crippen LogP contribution < -0.4 is 0 Å². The zero-order valence-electron chi connectivity index (χ0n) is 9.93. The van der Waals surface area contributed by atoms with Gasteiger partial charge < -0.3 is 14.6 Å². The molecule has 0 aromatic rings. The minimum Gasteiger partial charge on any atom is -0.476 e. The van der Waals surface area contributed by atoms with Crippen molar-refractivity contribution < 1.29 is 33.8 Å². The predicted octanol–water partition coefficient (Wildman–Crippen LogP) is 0.0828. The number of aliphatic carboxylic acids is 1. The molecule has 7 heteroatoms. The molecule has 0 aliphatic carbocycles. The average molecular weight is 258 g/mol. The van der Waals surface area contributed by atoms with Gasteiger partial charge in [-0.2, -0.15) is 0 Å². The van der Waals surface area contributed by atoms with Crippen LogP contribution >= 0.6 is 0 Å². The van der Waals surface area contributed by atoms with Crippen molar-refractivity contribution in [3.05, 3.63) is 12.2 Å². The van der Waals surface area contributed by atoms with Gasteiger partial charge in [0, 0.05) is 12.0 Å². The van der Waals surface area contributed by atoms with E-state index >= 15 is 0 Å². The Labute approximate surface area is 103 Å². The number of carboxylic acid groups (broad SMARTS) is 1. The van der Waals surface area contributed by atoms with E-state index in [9.17, 15) is 19.2 Å². The Kier molecular flexibility index (Phi) is 7.02. The Morgan fingerprint density at radius 1 is 1.06 bits per heavy atom. The van der Waals surface area contributed by atoms with Crippen molar-refractivity contribution in [3.8, 4) is 0 Å². The molecule has 0 aromatic carbocycles. The average Bonchev–Trinajstić information content (AvgIpc) is 2.30. The van der Waals surface area contributed by atoms with E-state index in [1.807, 2.05) is 0 Å². The smallest absolute Gasteiger partial charge is 0.372 e. The van der Waals surface area contributed by atoms with Crippen molar-refractivity contribution in [2.75, 3.05) is 13.2 Å². The molecule has 0 rings (SSSR count). The second-order valence-electron chi connectivity index (χ2n) is 3.37. The van der Waals surface area contributed by atoms with Crippen LogP contribution in [0.3, 0.4) is 0 Å². The summed E-state index contributed by atoms with van der Waals surface area (Å²) in [6.07, 6.45) is -0.737. The Morgan fingerprint density at radius 3 is 2.11 bits per heavy atom. The van der Waals surface area contributed by atoms with Gasteiger partial charge in [0.1, 0.15) is 13.2 Å². The van der Waals surface area contributed by atoms with E-state index in [1.165, 1.54) is 6.92 Å². The molecule has 0 atom stereocenters. The lowest BCUT2D eigenvalue weighted by Crippen LogP contribution is -2.17. The fourth-order valence-corrected chi connectivity index (χ4v) is 0.808. The number of rotatable bonds is 8. The molecule has 0 heterocycles. The van der Waals surface area contributed by atoms with Crippen LogP contribution in [-0.4, -0.2) is 42.0 Å². The number of carbonyl (C=O) groups is 4. The molecule has 0 fully saturated rings. The topological polar surface area (TPSA) is 107 Å². The minimum absolute atomic E-state index is 0.121. The summed E-state index contributed by atoms with van der Waals surface area (Å²) >= 11 is 0. The fraction of sp³-hybridized carbons (Fsp3) is 0.455. The highest BCUT2D eigenvalue weighted by atomic mass is 16.6. The summed E-state index contributed by atoms with van der Waals surface area (Å²) in [5.41, 5.74) is 0.230. The fourth-order valence-electron chi connectivity index (χ4n) is 0.808. The zero-order chi connectivity index (χ0) is 14.1. The quantitative estimate of drug-likeness (QED) is 0.284. The van der Waals surface area contributed by atoms with Gasteiger partial charge in [-0.25, -0.2) is 9.59 Å². The molecule has 100 valence electrons. The first-order valence-corrected chi connectivity index (χ1v) is 5.09. The van der Waals surface area contributed by atoms with Crippen LogP contribution in [0.4, 0.5) is 0 Å². The summed E-state index contributed by atoms with van der Waals surface area (Å²) in [6, 6.07) is 0. The third-order valence-corrected chi connectivity index (χ3v) is 1.72. The van der Waals surface area contributed by atoms with E-state index < -0.39 is 30.1 Å². The minimum atomic E-state index is -1.59. The third kappa shape index (κ3) is 7.15. The molecular formula is C11H14O7. The van der Waals surface area contributed by atoms with Crippen molar-refractivity contribution in [1.82, 2.24) is 0 Å². The van der Waals surface area contributed by atoms with Crippen LogP contribution in [-0.2, 0) is 28.7 Å². The third-order valence-electron chi connectivity index (χ3n) is 1.72. The number of carbonyl (C=O) groups excluding carboxylic acids is 3. The summed E-state index contributed by atoms with van der Waals surface area (Å²) in [4.78, 5) is 42.7. The van der Waals surface area contributed by atoms with E-state index in [0.717, 1.165) is 0 Å². The number of ketones is 1. The van der Waals surface area contributed by atoms with Gasteiger partial charge in [0.15, 0.2) is 0 Å². The van der Waals surface area contributed by atoms with E-state index in [1.54, 1.807) is 0 Å². The number of Topliss-reactive ketones (excluding diaryl/α,β-unsaturated/α-hetero) is 1. The number of hydrogen-bond acceptors (Lipinski definition) is 6. The molecule has 7 nitrogen and oxygen atoms in total. The molecule has 0 aliphatic rings. The van der Waals surface area contributed by atoms with Crippen LogP contribution in [0.25, 0.3) is 0 Å². The highest BCUT2D eigenvalue weighted by Crippen LogP contribution is 1.96. The molecule has 0 bridgehead atoms. The monoisotopic (exact) mass is 258 g/mol. The predicted molar refractivity (Wildman–Crippen MR) is 58.6 cm³/mol. The molecular weight excluding hydrogens is 244 g/mol. The Bertz CT molecular complexity index is 370. The highest BCUT2D eigenvalue weighted by Gasteiger charge is 2.14. The van der Waals surface area contributed by atoms with Crippen LogP contribution in [0.1, 0.15) is 19.8 Å². The number of ether oxygens (including phenoxy) is 2. The van der Waals surface area contributed by atoms with E-state index in [-0.39, 0.29) is 25.2 Å². The second-order valence-corrected chi connectivity index (χ2v) is 3.37. The standard InChI is InChI=1S/C11H14O7/c1-7(2)11(16)18-6-5-17-9(13)4-3-8(12)10(14)15/h1,3-6H2,2H3,(H,14,15). The summed E-state index contributed by atoms with van der Waals surface area (Å²) in [5.74, 6) is -3.96. The van der Waals surface area contributed by atoms with Crippen molar-refractivity contribution in [3.63, 3.8) is 0 Å². The first-order valence-electron chi connectivity index (χ1n) is 5.09. The van der Waals surface area contributed by atoms with Crippen LogP contribution in [0.2, 0.25) is 0 Å². The Balaban J connectivity index is 3.66. The Morgan fingerprint density at radius 2 is 1.61 bits per heavy atom. The van der Waals surface area contributed by atoms with Crippen LogP contribution in [0.15, 0.2) is 12.2 Å². The molecule has 0 unspecified atom stereocenters. The van der Waals surface area contributed by atoms with E-state index in [0.29, 0.717) is 0 Å². The van der Waals surface area contributed by atoms with E-state index in [4.69, 9.17) is 5.11 Å². The maximum absolute atomic E-state index is 11.0. The molecule has 0 saturated heterocycles. The first kappa shape index (κ1) is 15.8. The molecule has 0 amide bonds. The lowest BCUT2D eigenvalue weighted by molar-refractivity contribution is -0.152. The Hall–Kier alpha value is -2.18. The molecule has 0 spiro atoms. The SMILES string of the molecule is C=C(C)C(=O)OCCOC(=O)CCC(=O)C(=O)O. The van der Waals surface area contributed by atoms with E-state index in [2.05, 4.69) is 16.1 Å². The summed E-state index contributed by atoms with van der Waals surface area (Å²) in [7, 11) is 0. The van der Waals surface area contributed by atoms with Gasteiger partial charge in [-0.3, -0.25) is 9.59 Å². The lowest BCUT2D eigenvalue weighted by atomic mass is 10.2. The van der Waals surface area contributed by atoms with Gasteiger partial charge >= 0.3 is 17.9 Å². The normalized spacial score (nSPS) is 9.39. The van der Waals surface area contributed by atoms with Crippen molar-refractivity contribution >= 4 is 23.7 Å². The lowest BCUT2D eigenvalue weighted by Gasteiger charge is -2.05. The second kappa shape index (κ2) is 7.99. The van der Waals surface area contributed by atoms with Crippen molar-refractivity contribution in [2.45, 2.75) is 19.8 Å². The maximum atomic E-state index is 11.0. The van der Waals surface area contributed by atoms with Gasteiger partial charge in [0.2, 0.25) is 5.78 Å².